The zero-order valence-electron chi connectivity index (χ0n) is 17.7. The van der Waals surface area contributed by atoms with Gasteiger partial charge in [0.2, 0.25) is 5.78 Å². The first-order valence-electron chi connectivity index (χ1n) is 9.82. The van der Waals surface area contributed by atoms with E-state index < -0.39 is 53.5 Å². The number of hydrogen-bond acceptors (Lipinski definition) is 8. The van der Waals surface area contributed by atoms with Gasteiger partial charge < -0.3 is 15.2 Å². The molecule has 10 heteroatoms. The summed E-state index contributed by atoms with van der Waals surface area (Å²) in [5.74, 6) is -2.94. The van der Waals surface area contributed by atoms with E-state index in [-0.39, 0.29) is 12.1 Å². The summed E-state index contributed by atoms with van der Waals surface area (Å²) in [5, 5.41) is 0. The number of ether oxygens (including phenoxy) is 2. The van der Waals surface area contributed by atoms with E-state index in [0.717, 1.165) is 11.7 Å². The van der Waals surface area contributed by atoms with E-state index in [9.17, 15) is 24.0 Å². The second-order valence-corrected chi connectivity index (χ2v) is 6.95. The Morgan fingerprint density at radius 2 is 1.52 bits per heavy atom. The van der Waals surface area contributed by atoms with E-state index in [2.05, 4.69) is 4.74 Å². The Labute approximate surface area is 187 Å². The van der Waals surface area contributed by atoms with E-state index in [0.29, 0.717) is 10.1 Å². The number of nitrogen functional groups attached to an aromatic ring is 1. The number of anilines is 1. The third-order valence-corrected chi connectivity index (χ3v) is 4.79. The number of Topliss-reactive ketones (excluding diaryl/α,β-unsaturated/α-hetero) is 1. The molecule has 0 aliphatic heterocycles. The number of ketones is 1. The number of nitrogens with two attached hydrogens (primary N) is 1. The van der Waals surface area contributed by atoms with Crippen molar-refractivity contribution in [1.29, 1.82) is 0 Å². The summed E-state index contributed by atoms with van der Waals surface area (Å²) in [5.41, 5.74) is 4.42. The van der Waals surface area contributed by atoms with E-state index in [1.54, 1.807) is 48.5 Å². The highest BCUT2D eigenvalue weighted by Gasteiger charge is 2.25. The van der Waals surface area contributed by atoms with Crippen LogP contribution in [0.2, 0.25) is 0 Å². The highest BCUT2D eigenvalue weighted by molar-refractivity contribution is 6.02. The number of hydrogen-bond donors (Lipinski definition) is 1. The standard InChI is InChI=1S/C23H21N3O7/c1-32-18(28)13-26-21(29)19(17(27)14-33-22(30)16-10-6-3-7-11-16)20(24)25(23(26)31)12-15-8-4-2-5-9-15/h2-11H,12-14,24H2,1H3. The molecule has 0 atom stereocenters. The predicted molar refractivity (Wildman–Crippen MR) is 118 cm³/mol. The van der Waals surface area contributed by atoms with E-state index in [1.807, 2.05) is 0 Å². The van der Waals surface area contributed by atoms with Crippen molar-refractivity contribution in [3.8, 4) is 0 Å². The van der Waals surface area contributed by atoms with Crippen LogP contribution >= 0.6 is 0 Å². The molecule has 2 aromatic carbocycles. The van der Waals surface area contributed by atoms with Crippen LogP contribution in [0, 0.1) is 0 Å². The van der Waals surface area contributed by atoms with Gasteiger partial charge in [-0.25, -0.2) is 14.2 Å². The lowest BCUT2D eigenvalue weighted by Gasteiger charge is -2.16. The Morgan fingerprint density at radius 1 is 0.909 bits per heavy atom. The van der Waals surface area contributed by atoms with Crippen molar-refractivity contribution < 1.29 is 23.9 Å². The van der Waals surface area contributed by atoms with Crippen molar-refractivity contribution in [1.82, 2.24) is 9.13 Å². The van der Waals surface area contributed by atoms with Crippen LogP contribution in [0.5, 0.6) is 0 Å². The van der Waals surface area contributed by atoms with Crippen LogP contribution in [0.15, 0.2) is 70.3 Å². The zero-order chi connectivity index (χ0) is 24.0. The Morgan fingerprint density at radius 3 is 2.12 bits per heavy atom. The second-order valence-electron chi connectivity index (χ2n) is 6.95. The number of rotatable bonds is 8. The average molecular weight is 451 g/mol. The lowest BCUT2D eigenvalue weighted by Crippen LogP contribution is -2.46. The topological polar surface area (TPSA) is 140 Å². The maximum absolute atomic E-state index is 12.9. The van der Waals surface area contributed by atoms with Gasteiger partial charge in [0, 0.05) is 0 Å². The molecule has 3 aromatic rings. The number of carbonyl (C=O) groups excluding carboxylic acids is 3. The van der Waals surface area contributed by atoms with Crippen molar-refractivity contribution in [3.05, 3.63) is 98.2 Å². The van der Waals surface area contributed by atoms with Gasteiger partial charge in [0.05, 0.1) is 19.2 Å². The monoisotopic (exact) mass is 451 g/mol. The highest BCUT2D eigenvalue weighted by atomic mass is 16.5. The first kappa shape index (κ1) is 23.2. The van der Waals surface area contributed by atoms with Crippen LogP contribution in [0.4, 0.5) is 5.82 Å². The smallest absolute Gasteiger partial charge is 0.338 e. The van der Waals surface area contributed by atoms with Gasteiger partial charge in [-0.05, 0) is 17.7 Å². The molecule has 0 spiro atoms. The van der Waals surface area contributed by atoms with Gasteiger partial charge in [-0.3, -0.25) is 19.0 Å². The molecule has 10 nitrogen and oxygen atoms in total. The summed E-state index contributed by atoms with van der Waals surface area (Å²) in [4.78, 5) is 62.6. The minimum Gasteiger partial charge on any atom is -0.468 e. The number of esters is 2. The molecule has 33 heavy (non-hydrogen) atoms. The van der Waals surface area contributed by atoms with Crippen molar-refractivity contribution in [3.63, 3.8) is 0 Å². The largest absolute Gasteiger partial charge is 0.468 e. The number of aromatic nitrogens is 2. The number of benzene rings is 2. The van der Waals surface area contributed by atoms with Crippen molar-refractivity contribution in [2.75, 3.05) is 19.5 Å². The normalized spacial score (nSPS) is 10.5. The zero-order valence-corrected chi connectivity index (χ0v) is 17.7. The lowest BCUT2D eigenvalue weighted by atomic mass is 10.1. The van der Waals surface area contributed by atoms with Crippen LogP contribution in [0.3, 0.4) is 0 Å². The summed E-state index contributed by atoms with van der Waals surface area (Å²) < 4.78 is 11.1. The summed E-state index contributed by atoms with van der Waals surface area (Å²) in [6, 6.07) is 16.7. The van der Waals surface area contributed by atoms with Crippen LogP contribution < -0.4 is 17.0 Å². The molecule has 0 unspecified atom stereocenters. The fourth-order valence-electron chi connectivity index (χ4n) is 3.09. The van der Waals surface area contributed by atoms with Crippen LogP contribution in [-0.2, 0) is 27.4 Å². The first-order valence-corrected chi connectivity index (χ1v) is 9.82. The van der Waals surface area contributed by atoms with Gasteiger partial charge in [0.1, 0.15) is 17.9 Å². The van der Waals surface area contributed by atoms with Gasteiger partial charge in [-0.1, -0.05) is 48.5 Å². The van der Waals surface area contributed by atoms with E-state index in [4.69, 9.17) is 10.5 Å². The average Bonchev–Trinajstić information content (AvgIpc) is 2.84. The Bertz CT molecular complexity index is 1300. The molecule has 1 heterocycles. The van der Waals surface area contributed by atoms with Crippen LogP contribution in [0.1, 0.15) is 26.3 Å². The van der Waals surface area contributed by atoms with E-state index >= 15 is 0 Å². The minimum absolute atomic E-state index is 0.0585. The third kappa shape index (κ3) is 5.24. The van der Waals surface area contributed by atoms with Crippen LogP contribution in [-0.4, -0.2) is 40.6 Å². The molecule has 0 saturated heterocycles. The van der Waals surface area contributed by atoms with Gasteiger partial charge in [-0.2, -0.15) is 0 Å². The van der Waals surface area contributed by atoms with E-state index in [1.165, 1.54) is 12.1 Å². The number of methoxy groups -OCH3 is 1. The van der Waals surface area contributed by atoms with Crippen molar-refractivity contribution >= 4 is 23.5 Å². The Hall–Kier alpha value is -4.47. The molecule has 3 rings (SSSR count). The molecule has 0 bridgehead atoms. The van der Waals surface area contributed by atoms with Crippen molar-refractivity contribution in [2.45, 2.75) is 13.1 Å². The summed E-state index contributed by atoms with van der Waals surface area (Å²) in [6.45, 7) is -1.56. The Balaban J connectivity index is 2.00. The van der Waals surface area contributed by atoms with Gasteiger partial charge in [0.25, 0.3) is 5.56 Å². The maximum Gasteiger partial charge on any atom is 0.338 e. The van der Waals surface area contributed by atoms with Crippen molar-refractivity contribution in [2.24, 2.45) is 0 Å². The number of nitrogens with zero attached hydrogens (tertiary/aromatic N) is 2. The molecular weight excluding hydrogens is 430 g/mol. The lowest BCUT2D eigenvalue weighted by molar-refractivity contribution is -0.141. The van der Waals surface area contributed by atoms with Gasteiger partial charge in [0.15, 0.2) is 6.61 Å². The second kappa shape index (κ2) is 10.2. The Kier molecular flexibility index (Phi) is 7.19. The maximum atomic E-state index is 12.9. The fourth-order valence-corrected chi connectivity index (χ4v) is 3.09. The summed E-state index contributed by atoms with van der Waals surface area (Å²) >= 11 is 0. The van der Waals surface area contributed by atoms with Crippen LogP contribution in [0.25, 0.3) is 0 Å². The molecule has 0 aliphatic rings. The molecule has 2 N–H and O–H groups in total. The molecule has 170 valence electrons. The molecule has 0 radical (unpaired) electrons. The predicted octanol–water partition coefficient (Wildman–Crippen LogP) is 0.853. The van der Waals surface area contributed by atoms with Gasteiger partial charge >= 0.3 is 17.6 Å². The summed E-state index contributed by atoms with van der Waals surface area (Å²) in [6.07, 6.45) is 0. The fraction of sp³-hybridized carbons (Fsp3) is 0.174. The molecule has 0 aliphatic carbocycles. The SMILES string of the molecule is COC(=O)Cn1c(=O)c(C(=O)COC(=O)c2ccccc2)c(N)n(Cc2ccccc2)c1=O. The highest BCUT2D eigenvalue weighted by Crippen LogP contribution is 2.11. The summed E-state index contributed by atoms with van der Waals surface area (Å²) in [7, 11) is 1.10. The minimum atomic E-state index is -1.08. The quantitative estimate of drug-likeness (QED) is 0.393. The third-order valence-electron chi connectivity index (χ3n) is 4.79. The first-order chi connectivity index (χ1) is 15.8. The molecule has 0 amide bonds. The number of carbonyl (C=O) groups is 3. The molecule has 0 fully saturated rings. The van der Waals surface area contributed by atoms with Gasteiger partial charge in [-0.15, -0.1) is 0 Å². The molecule has 1 aromatic heterocycles. The molecular formula is C23H21N3O7. The molecule has 0 saturated carbocycles.